The topological polar surface area (TPSA) is 59.4 Å². The third kappa shape index (κ3) is 3.45. The first-order valence-corrected chi connectivity index (χ1v) is 6.96. The molecule has 0 unspecified atom stereocenters. The Morgan fingerprint density at radius 1 is 1.50 bits per heavy atom. The van der Waals surface area contributed by atoms with Crippen molar-refractivity contribution in [3.63, 3.8) is 0 Å². The summed E-state index contributed by atoms with van der Waals surface area (Å²) in [5.74, 6) is -0.999. The van der Waals surface area contributed by atoms with Crippen LogP contribution in [0.5, 0.6) is 0 Å². The Morgan fingerprint density at radius 2 is 2.25 bits per heavy atom. The van der Waals surface area contributed by atoms with Gasteiger partial charge in [0.1, 0.15) is 5.01 Å². The number of aliphatic carboxylic acids is 1. The summed E-state index contributed by atoms with van der Waals surface area (Å²) in [6.45, 7) is 0.320. The van der Waals surface area contributed by atoms with Crippen molar-refractivity contribution in [3.8, 4) is 10.6 Å². The zero-order valence-corrected chi connectivity index (χ0v) is 12.2. The molecule has 0 aliphatic heterocycles. The predicted octanol–water partition coefficient (Wildman–Crippen LogP) is 3.71. The number of nitrogens with zero attached hydrogens (tertiary/aromatic N) is 1. The van der Waals surface area contributed by atoms with Gasteiger partial charge >= 0.3 is 5.97 Å². The fraction of sp³-hybridized carbons (Fsp3) is 0.143. The van der Waals surface area contributed by atoms with Gasteiger partial charge in [-0.25, -0.2) is 9.78 Å². The number of methoxy groups -OCH3 is 1. The van der Waals surface area contributed by atoms with Crippen LogP contribution in [0.25, 0.3) is 16.6 Å². The van der Waals surface area contributed by atoms with E-state index in [4.69, 9.17) is 21.4 Å². The second-order valence-corrected chi connectivity index (χ2v) is 5.35. The molecule has 0 saturated carbocycles. The molecule has 104 valence electrons. The summed E-state index contributed by atoms with van der Waals surface area (Å²) in [7, 11) is 1.57. The van der Waals surface area contributed by atoms with Crippen molar-refractivity contribution < 1.29 is 14.6 Å². The number of carbonyl (C=O) groups is 1. The molecule has 0 aliphatic carbocycles. The van der Waals surface area contributed by atoms with Gasteiger partial charge in [-0.1, -0.05) is 29.8 Å². The molecule has 1 heterocycles. The molecule has 0 aliphatic rings. The Labute approximate surface area is 125 Å². The molecule has 0 saturated heterocycles. The van der Waals surface area contributed by atoms with E-state index in [-0.39, 0.29) is 0 Å². The Morgan fingerprint density at radius 3 is 2.90 bits per heavy atom. The highest BCUT2D eigenvalue weighted by atomic mass is 35.5. The van der Waals surface area contributed by atoms with Gasteiger partial charge in [0.2, 0.25) is 0 Å². The van der Waals surface area contributed by atoms with Gasteiger partial charge in [-0.2, -0.15) is 0 Å². The zero-order valence-electron chi connectivity index (χ0n) is 10.7. The van der Waals surface area contributed by atoms with Crippen LogP contribution in [-0.2, 0) is 16.1 Å². The van der Waals surface area contributed by atoms with Crippen LogP contribution in [0.4, 0.5) is 0 Å². The number of halogens is 1. The summed E-state index contributed by atoms with van der Waals surface area (Å²) < 4.78 is 5.08. The maximum absolute atomic E-state index is 10.6. The fourth-order valence-corrected chi connectivity index (χ4v) is 2.92. The lowest BCUT2D eigenvalue weighted by molar-refractivity contribution is -0.131. The molecule has 0 atom stereocenters. The highest BCUT2D eigenvalue weighted by Crippen LogP contribution is 2.33. The number of hydrogen-bond acceptors (Lipinski definition) is 4. The minimum absolute atomic E-state index is 0.320. The predicted molar refractivity (Wildman–Crippen MR) is 79.9 cm³/mol. The molecule has 6 heteroatoms. The Balaban J connectivity index is 2.44. The number of hydrogen-bond donors (Lipinski definition) is 1. The van der Waals surface area contributed by atoms with Gasteiger partial charge in [-0.05, 0) is 12.1 Å². The molecule has 0 amide bonds. The van der Waals surface area contributed by atoms with E-state index >= 15 is 0 Å². The third-order valence-electron chi connectivity index (χ3n) is 2.49. The highest BCUT2D eigenvalue weighted by molar-refractivity contribution is 7.16. The Bertz CT molecular complexity index is 652. The molecule has 0 bridgehead atoms. The van der Waals surface area contributed by atoms with Crippen molar-refractivity contribution in [2.75, 3.05) is 7.11 Å². The largest absolute Gasteiger partial charge is 0.478 e. The lowest BCUT2D eigenvalue weighted by atomic mass is 10.2. The van der Waals surface area contributed by atoms with E-state index in [0.717, 1.165) is 21.5 Å². The number of carboxylic acids is 1. The number of rotatable bonds is 5. The first-order valence-electron chi connectivity index (χ1n) is 5.76. The maximum atomic E-state index is 10.6. The second kappa shape index (κ2) is 6.65. The van der Waals surface area contributed by atoms with Crippen LogP contribution in [0.2, 0.25) is 5.02 Å². The van der Waals surface area contributed by atoms with Crippen LogP contribution in [0, 0.1) is 0 Å². The van der Waals surface area contributed by atoms with Crippen LogP contribution in [-0.4, -0.2) is 23.2 Å². The minimum Gasteiger partial charge on any atom is -0.478 e. The number of thiazole rings is 1. The zero-order chi connectivity index (χ0) is 14.5. The summed E-state index contributed by atoms with van der Waals surface area (Å²) in [5.41, 5.74) is 1.52. The molecule has 1 aromatic heterocycles. The Hall–Kier alpha value is -1.69. The number of ether oxygens (including phenoxy) is 1. The van der Waals surface area contributed by atoms with Crippen molar-refractivity contribution in [2.45, 2.75) is 6.61 Å². The quantitative estimate of drug-likeness (QED) is 0.855. The summed E-state index contributed by atoms with van der Waals surface area (Å²) in [6.07, 6.45) is 2.61. The van der Waals surface area contributed by atoms with Gasteiger partial charge in [0.05, 0.1) is 22.2 Å². The van der Waals surface area contributed by atoms with Gasteiger partial charge in [0.15, 0.2) is 0 Å². The first kappa shape index (κ1) is 14.7. The molecular formula is C14H12ClNO3S. The smallest absolute Gasteiger partial charge is 0.328 e. The monoisotopic (exact) mass is 309 g/mol. The summed E-state index contributed by atoms with van der Waals surface area (Å²) in [6, 6.07) is 7.40. The molecular weight excluding hydrogens is 298 g/mol. The van der Waals surface area contributed by atoms with E-state index in [1.54, 1.807) is 13.2 Å². The molecule has 2 aromatic rings. The standard InChI is InChI=1S/C14H12ClNO3S/c1-19-8-11-12(6-7-13(17)18)20-14(16-11)9-4-2-3-5-10(9)15/h2-7H,8H2,1H3,(H,17,18)/b7-6+. The first-order chi connectivity index (χ1) is 9.61. The summed E-state index contributed by atoms with van der Waals surface area (Å²) in [4.78, 5) is 15.8. The normalized spacial score (nSPS) is 11.1. The number of aromatic nitrogens is 1. The molecule has 1 N–H and O–H groups in total. The number of benzene rings is 1. The minimum atomic E-state index is -0.999. The molecule has 20 heavy (non-hydrogen) atoms. The van der Waals surface area contributed by atoms with E-state index < -0.39 is 5.97 Å². The molecule has 1 aromatic carbocycles. The van der Waals surface area contributed by atoms with Crippen molar-refractivity contribution in [1.82, 2.24) is 4.98 Å². The Kier molecular flexibility index (Phi) is 4.89. The second-order valence-electron chi connectivity index (χ2n) is 3.91. The van der Waals surface area contributed by atoms with E-state index in [1.807, 2.05) is 18.2 Å². The average Bonchev–Trinajstić information content (AvgIpc) is 2.80. The van der Waals surface area contributed by atoms with E-state index in [9.17, 15) is 4.79 Å². The van der Waals surface area contributed by atoms with Crippen LogP contribution >= 0.6 is 22.9 Å². The molecule has 0 fully saturated rings. The lowest BCUT2D eigenvalue weighted by Gasteiger charge is -1.98. The lowest BCUT2D eigenvalue weighted by Crippen LogP contribution is -1.91. The SMILES string of the molecule is COCc1nc(-c2ccccc2Cl)sc1/C=C/C(=O)O. The molecule has 4 nitrogen and oxygen atoms in total. The average molecular weight is 310 g/mol. The van der Waals surface area contributed by atoms with E-state index in [2.05, 4.69) is 4.98 Å². The van der Waals surface area contributed by atoms with Gasteiger partial charge in [0.25, 0.3) is 0 Å². The van der Waals surface area contributed by atoms with E-state index in [1.165, 1.54) is 17.4 Å². The van der Waals surface area contributed by atoms with Crippen molar-refractivity contribution in [1.29, 1.82) is 0 Å². The third-order valence-corrected chi connectivity index (χ3v) is 3.92. The van der Waals surface area contributed by atoms with Gasteiger partial charge in [-0.15, -0.1) is 11.3 Å². The van der Waals surface area contributed by atoms with Crippen molar-refractivity contribution >= 4 is 35.0 Å². The van der Waals surface area contributed by atoms with Crippen molar-refractivity contribution in [3.05, 3.63) is 45.9 Å². The van der Waals surface area contributed by atoms with Crippen LogP contribution < -0.4 is 0 Å². The van der Waals surface area contributed by atoms with Gasteiger partial charge < -0.3 is 9.84 Å². The van der Waals surface area contributed by atoms with Gasteiger partial charge in [-0.3, -0.25) is 0 Å². The molecule has 0 spiro atoms. The maximum Gasteiger partial charge on any atom is 0.328 e. The molecule has 2 rings (SSSR count). The summed E-state index contributed by atoms with van der Waals surface area (Å²) >= 11 is 7.53. The fourth-order valence-electron chi connectivity index (χ4n) is 1.63. The molecule has 0 radical (unpaired) electrons. The van der Waals surface area contributed by atoms with Gasteiger partial charge in [0, 0.05) is 18.7 Å². The van der Waals surface area contributed by atoms with Crippen molar-refractivity contribution in [2.24, 2.45) is 0 Å². The summed E-state index contributed by atoms with van der Waals surface area (Å²) in [5, 5.41) is 10.1. The highest BCUT2D eigenvalue weighted by Gasteiger charge is 2.13. The van der Waals surface area contributed by atoms with Crippen LogP contribution in [0.3, 0.4) is 0 Å². The van der Waals surface area contributed by atoms with E-state index in [0.29, 0.717) is 17.3 Å². The van der Waals surface area contributed by atoms with Crippen LogP contribution in [0.1, 0.15) is 10.6 Å². The van der Waals surface area contributed by atoms with Crippen LogP contribution in [0.15, 0.2) is 30.3 Å². The number of carboxylic acid groups (broad SMARTS) is 1.